The van der Waals surface area contributed by atoms with E-state index >= 15 is 0 Å². The summed E-state index contributed by atoms with van der Waals surface area (Å²) in [4.78, 5) is 0. The predicted octanol–water partition coefficient (Wildman–Crippen LogP) is -3.16. The monoisotopic (exact) mass is 516 g/mol. The molecular weight excluding hydrogens is 468 g/mol. The fourth-order valence-electron chi connectivity index (χ4n) is 3.48. The van der Waals surface area contributed by atoms with E-state index in [1.807, 2.05) is 0 Å². The van der Waals surface area contributed by atoms with Crippen LogP contribution in [0.5, 0.6) is 0 Å². The zero-order valence-corrected chi connectivity index (χ0v) is 20.7. The summed E-state index contributed by atoms with van der Waals surface area (Å²) in [7, 11) is 0. The molecule has 0 atom stereocenters. The van der Waals surface area contributed by atoms with Gasteiger partial charge in [0.1, 0.15) is 0 Å². The maximum Gasteiger partial charge on any atom is 0.0632 e. The summed E-state index contributed by atoms with van der Waals surface area (Å²) in [5, 5.41) is 92.5. The molecule has 0 spiro atoms. The molecule has 0 saturated heterocycles. The SMILES string of the molecule is OCC(CO)(CO)COCC(CO)(CO)COCC(CO)(CO)CO.OCC1(CO)CCCCC1. The number of aliphatic hydroxyl groups excluding tert-OH is 10. The first-order valence-electron chi connectivity index (χ1n) is 12.0. The van der Waals surface area contributed by atoms with Crippen LogP contribution in [0.15, 0.2) is 0 Å². The Morgan fingerprint density at radius 1 is 0.429 bits per heavy atom. The molecule has 212 valence electrons. The summed E-state index contributed by atoms with van der Waals surface area (Å²) >= 11 is 0. The summed E-state index contributed by atoms with van der Waals surface area (Å²) in [6, 6.07) is 0. The highest BCUT2D eigenvalue weighted by Gasteiger charge is 2.35. The van der Waals surface area contributed by atoms with E-state index in [1.165, 1.54) is 19.3 Å². The summed E-state index contributed by atoms with van der Waals surface area (Å²) in [5.74, 6) is 0. The molecule has 1 aliphatic carbocycles. The van der Waals surface area contributed by atoms with Gasteiger partial charge in [-0.25, -0.2) is 0 Å². The van der Waals surface area contributed by atoms with Crippen molar-refractivity contribution in [1.29, 1.82) is 0 Å². The quantitative estimate of drug-likeness (QED) is 0.0872. The Hall–Kier alpha value is -0.480. The molecule has 0 aliphatic heterocycles. The highest BCUT2D eigenvalue weighted by molar-refractivity contribution is 4.83. The van der Waals surface area contributed by atoms with Gasteiger partial charge in [0.05, 0.1) is 109 Å². The van der Waals surface area contributed by atoms with Crippen molar-refractivity contribution in [3.05, 3.63) is 0 Å². The van der Waals surface area contributed by atoms with Gasteiger partial charge < -0.3 is 60.5 Å². The molecule has 0 unspecified atom stereocenters. The number of hydrogen-bond donors (Lipinski definition) is 10. The van der Waals surface area contributed by atoms with Crippen molar-refractivity contribution in [3.63, 3.8) is 0 Å². The second-order valence-electron chi connectivity index (χ2n) is 10.1. The van der Waals surface area contributed by atoms with E-state index in [4.69, 9.17) is 19.7 Å². The standard InChI is InChI=1S/C15H32O10.C8H16O2/c16-1-13(2-17,3-18)9-24-11-15(7-22,8-23)12-25-10-14(4-19,5-20)6-21;9-6-8(7-10)4-2-1-3-5-8/h16-23H,1-12H2;9-10H,1-7H2. The minimum absolute atomic E-state index is 0.127. The third-order valence-electron chi connectivity index (χ3n) is 6.90. The van der Waals surface area contributed by atoms with Crippen LogP contribution in [0.4, 0.5) is 0 Å². The molecule has 0 bridgehead atoms. The van der Waals surface area contributed by atoms with Gasteiger partial charge in [-0.2, -0.15) is 0 Å². The molecule has 0 radical (unpaired) electrons. The lowest BCUT2D eigenvalue weighted by atomic mass is 9.75. The molecule has 1 aliphatic rings. The van der Waals surface area contributed by atoms with Crippen molar-refractivity contribution < 1.29 is 60.5 Å². The molecule has 1 fully saturated rings. The Labute approximate surface area is 207 Å². The zero-order valence-electron chi connectivity index (χ0n) is 20.7. The summed E-state index contributed by atoms with van der Waals surface area (Å²) < 4.78 is 10.7. The molecule has 0 aromatic heterocycles. The smallest absolute Gasteiger partial charge is 0.0632 e. The zero-order chi connectivity index (χ0) is 26.8. The molecule has 0 aromatic carbocycles. The van der Waals surface area contributed by atoms with Crippen LogP contribution < -0.4 is 0 Å². The molecule has 1 rings (SSSR count). The minimum Gasteiger partial charge on any atom is -0.396 e. The molecule has 12 nitrogen and oxygen atoms in total. The van der Waals surface area contributed by atoms with Gasteiger partial charge in [0, 0.05) is 5.41 Å². The highest BCUT2D eigenvalue weighted by Crippen LogP contribution is 2.35. The van der Waals surface area contributed by atoms with Gasteiger partial charge in [-0.15, -0.1) is 0 Å². The Kier molecular flexibility index (Phi) is 17.6. The van der Waals surface area contributed by atoms with E-state index < -0.39 is 69.1 Å². The Morgan fingerprint density at radius 2 is 0.714 bits per heavy atom. The lowest BCUT2D eigenvalue weighted by Crippen LogP contribution is -2.45. The minimum atomic E-state index is -1.24. The van der Waals surface area contributed by atoms with E-state index in [2.05, 4.69) is 0 Å². The van der Waals surface area contributed by atoms with Crippen molar-refractivity contribution in [2.45, 2.75) is 32.1 Å². The summed E-state index contributed by atoms with van der Waals surface area (Å²) in [6.45, 7) is -4.51. The maximum atomic E-state index is 9.56. The van der Waals surface area contributed by atoms with Crippen molar-refractivity contribution in [3.8, 4) is 0 Å². The van der Waals surface area contributed by atoms with Gasteiger partial charge in [0.15, 0.2) is 0 Å². The van der Waals surface area contributed by atoms with E-state index in [1.54, 1.807) is 0 Å². The van der Waals surface area contributed by atoms with Crippen LogP contribution in [-0.2, 0) is 9.47 Å². The second-order valence-corrected chi connectivity index (χ2v) is 10.1. The van der Waals surface area contributed by atoms with Gasteiger partial charge >= 0.3 is 0 Å². The Balaban J connectivity index is 0.000000952. The third-order valence-corrected chi connectivity index (χ3v) is 6.90. The van der Waals surface area contributed by atoms with Gasteiger partial charge in [0.25, 0.3) is 0 Å². The number of rotatable bonds is 18. The molecule has 35 heavy (non-hydrogen) atoms. The molecule has 12 heteroatoms. The van der Waals surface area contributed by atoms with Crippen LogP contribution in [0.2, 0.25) is 0 Å². The van der Waals surface area contributed by atoms with Crippen LogP contribution in [0, 0.1) is 21.7 Å². The Morgan fingerprint density at radius 3 is 0.943 bits per heavy atom. The normalized spacial score (nSPS) is 16.6. The molecule has 1 saturated carbocycles. The van der Waals surface area contributed by atoms with Gasteiger partial charge in [-0.3, -0.25) is 0 Å². The lowest BCUT2D eigenvalue weighted by molar-refractivity contribution is -0.127. The van der Waals surface area contributed by atoms with Gasteiger partial charge in [-0.05, 0) is 12.8 Å². The molecule has 0 heterocycles. The van der Waals surface area contributed by atoms with Crippen LogP contribution in [0.3, 0.4) is 0 Å². The lowest BCUT2D eigenvalue weighted by Gasteiger charge is -2.34. The van der Waals surface area contributed by atoms with E-state index in [0.29, 0.717) is 0 Å². The van der Waals surface area contributed by atoms with Crippen molar-refractivity contribution in [2.24, 2.45) is 21.7 Å². The average Bonchev–Trinajstić information content (AvgIpc) is 2.94. The van der Waals surface area contributed by atoms with E-state index in [0.717, 1.165) is 12.8 Å². The fourth-order valence-corrected chi connectivity index (χ4v) is 3.48. The first-order valence-corrected chi connectivity index (χ1v) is 12.0. The van der Waals surface area contributed by atoms with Crippen LogP contribution in [0.25, 0.3) is 0 Å². The molecule has 0 amide bonds. The first kappa shape index (κ1) is 34.5. The third kappa shape index (κ3) is 10.8. The molecule has 0 aromatic rings. The topological polar surface area (TPSA) is 221 Å². The number of aliphatic hydroxyl groups is 10. The second kappa shape index (κ2) is 17.9. The van der Waals surface area contributed by atoms with Crippen molar-refractivity contribution >= 4 is 0 Å². The summed E-state index contributed by atoms with van der Waals surface area (Å²) in [6.07, 6.45) is 5.60. The average molecular weight is 517 g/mol. The summed E-state index contributed by atoms with van der Waals surface area (Å²) in [5.41, 5.74) is -3.81. The van der Waals surface area contributed by atoms with E-state index in [9.17, 15) is 40.9 Å². The number of ether oxygens (including phenoxy) is 2. The fraction of sp³-hybridized carbons (Fsp3) is 1.00. The van der Waals surface area contributed by atoms with Crippen LogP contribution in [-0.4, -0.2) is 144 Å². The predicted molar refractivity (Wildman–Crippen MR) is 125 cm³/mol. The van der Waals surface area contributed by atoms with Crippen LogP contribution in [0.1, 0.15) is 32.1 Å². The van der Waals surface area contributed by atoms with Crippen molar-refractivity contribution in [1.82, 2.24) is 0 Å². The van der Waals surface area contributed by atoms with E-state index in [-0.39, 0.29) is 45.1 Å². The first-order chi connectivity index (χ1) is 16.7. The largest absolute Gasteiger partial charge is 0.396 e. The molecular formula is C23H48O12. The van der Waals surface area contributed by atoms with Crippen LogP contribution >= 0.6 is 0 Å². The van der Waals surface area contributed by atoms with Gasteiger partial charge in [0.2, 0.25) is 0 Å². The van der Waals surface area contributed by atoms with Crippen molar-refractivity contribution in [2.75, 3.05) is 92.5 Å². The maximum absolute atomic E-state index is 9.56. The Bertz CT molecular complexity index is 450. The highest BCUT2D eigenvalue weighted by atomic mass is 16.5. The number of hydrogen-bond acceptors (Lipinski definition) is 12. The van der Waals surface area contributed by atoms with Gasteiger partial charge in [-0.1, -0.05) is 19.3 Å². The molecule has 10 N–H and O–H groups in total.